The molecule has 21 aliphatic rings. The largest absolute Gasteiger partial charge is 0.359 e. The van der Waals surface area contributed by atoms with E-state index in [9.17, 15) is 0 Å². The maximum Gasteiger partial charge on any atom is 0.125 e. The van der Waals surface area contributed by atoms with Crippen LogP contribution in [0.4, 0.5) is 62.6 Å². The number of allylic oxidation sites excluding steroid dienone is 3. The van der Waals surface area contributed by atoms with E-state index in [1.165, 1.54) is 145 Å². The predicted molar refractivity (Wildman–Crippen MR) is 596 cm³/mol. The number of nitrogens with zero attached hydrogens (tertiary/aromatic N) is 14. The van der Waals surface area contributed by atoms with Crippen LogP contribution in [-0.2, 0) is 71.3 Å². The first-order valence-electron chi connectivity index (χ1n) is 59.1. The van der Waals surface area contributed by atoms with Crippen LogP contribution in [0.15, 0.2) is 223 Å². The monoisotopic (exact) mass is 1930 g/mol. The molecule has 0 saturated heterocycles. The van der Waals surface area contributed by atoms with Crippen molar-refractivity contribution in [1.29, 1.82) is 0 Å². The zero-order valence-electron chi connectivity index (χ0n) is 102. The Bertz CT molecular complexity index is 6990. The fraction of sp³-hybridized carbons (Fsp3) is 0.471. The zero-order chi connectivity index (χ0) is 111. The summed E-state index contributed by atoms with van der Waals surface area (Å²) in [6.45, 7) is 50.3. The third kappa shape index (κ3) is 11.2. The molecule has 7 unspecified atom stereocenters. The Morgan fingerprint density at radius 2 is 0.576 bits per heavy atom. The highest BCUT2D eigenvalue weighted by molar-refractivity contribution is 7.03. The summed E-state index contributed by atoms with van der Waals surface area (Å²) in [5.41, 5.74) is 37.4. The minimum atomic E-state index is -2.10. The predicted octanol–water partition coefficient (Wildman–Crippen LogP) is 24.0. The Hall–Kier alpha value is -10.3. The lowest BCUT2D eigenvalue weighted by Gasteiger charge is -2.57. The highest BCUT2D eigenvalue weighted by atomic mass is 28.3. The van der Waals surface area contributed by atoms with Crippen LogP contribution in [-0.4, -0.2) is 149 Å². The van der Waals surface area contributed by atoms with Gasteiger partial charge in [0.25, 0.3) is 0 Å². The lowest BCUT2D eigenvalue weighted by molar-refractivity contribution is 0.233. The van der Waals surface area contributed by atoms with Crippen molar-refractivity contribution in [3.63, 3.8) is 0 Å². The maximum atomic E-state index is 8.12. The van der Waals surface area contributed by atoms with Gasteiger partial charge in [-0.25, -0.2) is 0 Å². The van der Waals surface area contributed by atoms with E-state index >= 15 is 0 Å². The van der Waals surface area contributed by atoms with Crippen molar-refractivity contribution in [2.75, 3.05) is 93.1 Å². The summed E-state index contributed by atoms with van der Waals surface area (Å²) >= 11 is 0. The average molecular weight is 1930 g/mol. The zero-order valence-corrected chi connectivity index (χ0v) is 91.4. The van der Waals surface area contributed by atoms with Crippen molar-refractivity contribution in [1.82, 2.24) is 24.5 Å². The summed E-state index contributed by atoms with van der Waals surface area (Å²) in [6.07, 6.45) is 16.4. The third-order valence-corrected chi connectivity index (χ3v) is 61.8. The van der Waals surface area contributed by atoms with Gasteiger partial charge in [0, 0.05) is 239 Å². The molecule has 0 bridgehead atoms. The highest BCUT2D eigenvalue weighted by Gasteiger charge is 2.67. The Morgan fingerprint density at radius 3 is 1.02 bits per heavy atom. The molecule has 0 amide bonds. The van der Waals surface area contributed by atoms with E-state index in [2.05, 4.69) is 400 Å². The first-order chi connectivity index (χ1) is 71.4. The molecule has 21 heterocycles. The van der Waals surface area contributed by atoms with Crippen LogP contribution in [0.2, 0.25) is 55.4 Å². The minimum Gasteiger partial charge on any atom is -0.359 e. The summed E-state index contributed by atoms with van der Waals surface area (Å²) in [5, 5.41) is 7.49. The topological polar surface area (TPSA) is 45.4 Å². The molecule has 0 fully saturated rings. The van der Waals surface area contributed by atoms with Gasteiger partial charge in [0.1, 0.15) is 67.4 Å². The summed E-state index contributed by atoms with van der Waals surface area (Å²) in [7, 11) is -2.74. The van der Waals surface area contributed by atoms with Crippen molar-refractivity contribution in [2.24, 2.45) is 10.8 Å². The Balaban J connectivity index is 0.0000000950. The lowest BCUT2D eigenvalue weighted by Crippen LogP contribution is -2.64. The molecule has 0 aliphatic carbocycles. The molecule has 7 atom stereocenters. The normalized spacial score (nSPS) is 28.6. The van der Waals surface area contributed by atoms with Gasteiger partial charge in [-0.2, -0.15) is 0 Å². The van der Waals surface area contributed by atoms with E-state index in [0.29, 0.717) is 23.4 Å². The van der Waals surface area contributed by atoms with Gasteiger partial charge in [-0.05, 0) is 121 Å². The highest BCUT2D eigenvalue weighted by Crippen LogP contribution is 2.68. The van der Waals surface area contributed by atoms with Gasteiger partial charge in [0.05, 0.1) is 36.5 Å². The van der Waals surface area contributed by atoms with Crippen molar-refractivity contribution >= 4 is 110 Å². The number of anilines is 11. The van der Waals surface area contributed by atoms with Crippen LogP contribution in [0.25, 0.3) is 0 Å². The van der Waals surface area contributed by atoms with Gasteiger partial charge in [-0.15, -0.1) is 0 Å². The number of rotatable bonds is 2. The Kier molecular flexibility index (Phi) is 15.8. The second-order valence-electron chi connectivity index (χ2n) is 50.3. The summed E-state index contributed by atoms with van der Waals surface area (Å²) in [6, 6.07) is 60.2. The molecule has 18 heteroatoms. The second kappa shape index (κ2) is 29.1. The molecular weight excluding hydrogens is 1760 g/mol. The van der Waals surface area contributed by atoms with Crippen LogP contribution < -0.4 is 59.7 Å². The number of hydrogen-bond acceptors (Lipinski definition) is 14. The Morgan fingerprint density at radius 1 is 0.273 bits per heavy atom. The molecular formula is C121H154N14Si4. The molecule has 0 N–H and O–H groups in total. The summed E-state index contributed by atoms with van der Waals surface area (Å²) < 4.78 is 119. The van der Waals surface area contributed by atoms with Gasteiger partial charge in [0.2, 0.25) is 0 Å². The van der Waals surface area contributed by atoms with Gasteiger partial charge in [0.15, 0.2) is 0 Å². The van der Waals surface area contributed by atoms with Crippen LogP contribution >= 0.6 is 0 Å². The van der Waals surface area contributed by atoms with E-state index in [1.807, 2.05) is 31.0 Å². The van der Waals surface area contributed by atoms with E-state index in [-0.39, 0.29) is 73.0 Å². The van der Waals surface area contributed by atoms with Gasteiger partial charge in [-0.3, -0.25) is 0 Å². The minimum absolute atomic E-state index is 0.0151. The molecule has 30 rings (SSSR count). The Labute approximate surface area is 857 Å². The molecule has 0 spiro atoms. The van der Waals surface area contributed by atoms with Gasteiger partial charge < -0.3 is 68.6 Å². The fourth-order valence-corrected chi connectivity index (χ4v) is 47.2. The molecule has 21 aliphatic heterocycles. The van der Waals surface area contributed by atoms with Crippen molar-refractivity contribution in [3.05, 3.63) is 295 Å². The first kappa shape index (κ1) is 75.6. The van der Waals surface area contributed by atoms with Gasteiger partial charge >= 0.3 is 0 Å². The molecule has 139 heavy (non-hydrogen) atoms. The van der Waals surface area contributed by atoms with Crippen LogP contribution in [0.3, 0.4) is 0 Å². The van der Waals surface area contributed by atoms with Gasteiger partial charge in [-0.1, -0.05) is 329 Å². The molecule has 724 valence electrons. The molecule has 9 aromatic carbocycles. The third-order valence-electron chi connectivity index (χ3n) is 41.0. The number of hydrogen-bond donors (Lipinski definition) is 0. The SMILES string of the molecule is CN1c2cccc3c2N2c4c(cccc4C3(C)C)CC12.CN1c2cccc3c2N2c4c(cccc4[Si]3(C)C)CC12.[2H]C([2H])([2H])N1C=C2N3c4c(cccc4C(C)(C)C2(C)C)CC31.[2H]C([2H])([2H])N1C=C2N3c4c(cccc4C(C)(C)C2(C)C)CC31.[2H]C([2H])([2H])N1C=C2N3c4c(cccc4C(C)(C)[Si]2(C(C)C)C(C)C)CC31.[2H]C([2H])([2H])N1C=C2N3c4c(cccc4C(C)(C)[Si]2(C)C)CC31.[2H]C([2H])([2H])N1C=C2N3c4c(cccc4[Si](C)(C)C2(C)C)CC31. The average Bonchev–Trinajstić information content (AvgIpc) is 1.88. The number of para-hydroxylation sites is 9. The summed E-state index contributed by atoms with van der Waals surface area (Å²) in [4.78, 5) is 29.8. The standard InChI is InChI=1S/C20H30N2Si.C18H18N2.C17H18N2Si.2C17H22N2.2C16H22N2Si/c1-13(2)23(14(3)4)18-12-21(7)17-11-15-9-8-10-16(20(23,5)6)19(15)22(17)18;1-18(2)12-7-4-6-11-10-15-19(3)14-9-5-8-13(18)17(14)20(15)16(11)12;1-18-12-7-5-9-14-17(12)19-15(18)10-11-6-4-8-13(16(11)19)20(14,2)3;2*1-16(2)12-8-6-7-11-9-14-18(5)10-13(17(16,3)4)19(14)15(11)12;1-16(2)13-10-17(3)14-9-11-7-6-8-12(19(16,4)5)15(11)18(13)14;1-16(2)12-8-6-7-11-9-13-17(3)10-14(19(16,4)5)18(13)15(11)12/h8-10,12-14,17H,11H2,1-7H3;2*4-9,15H,10H2,1-3H3;3*6-8,10,14H,9H2,1-5H3;6-8,10,13H,9H2,1-5H3/i7D3;;;2*5D3;2*3D3. The maximum absolute atomic E-state index is 8.12. The molecule has 14 nitrogen and oxygen atoms in total. The lowest BCUT2D eigenvalue weighted by atomic mass is 9.60. The fourth-order valence-electron chi connectivity index (χ4n) is 30.7. The second-order valence-corrected chi connectivity index (χ2v) is 70.5. The van der Waals surface area contributed by atoms with E-state index in [0.717, 1.165) is 56.3 Å². The van der Waals surface area contributed by atoms with Crippen molar-refractivity contribution in [3.8, 4) is 0 Å². The smallest absolute Gasteiger partial charge is 0.125 e. The van der Waals surface area contributed by atoms with Crippen molar-refractivity contribution < 1.29 is 20.6 Å². The molecule has 0 aromatic heterocycles. The molecule has 0 radical (unpaired) electrons. The van der Waals surface area contributed by atoms with Crippen LogP contribution in [0.5, 0.6) is 0 Å². The molecule has 0 saturated carbocycles. The number of benzene rings is 9. The molecule has 9 aromatic rings. The van der Waals surface area contributed by atoms with Crippen molar-refractivity contribution in [2.45, 2.75) is 308 Å². The quantitative estimate of drug-likeness (QED) is 0.154. The van der Waals surface area contributed by atoms with E-state index in [4.69, 9.17) is 20.6 Å². The number of likely N-dealkylation sites (N-methyl/N-ethyl adjacent to an activating group) is 7. The summed E-state index contributed by atoms with van der Waals surface area (Å²) in [5.74, 6) is 0. The first-order valence-corrected chi connectivity index (χ1v) is 62.8. The van der Waals surface area contributed by atoms with Crippen LogP contribution in [0.1, 0.15) is 231 Å². The van der Waals surface area contributed by atoms with Crippen LogP contribution in [0, 0.1) is 10.8 Å². The van der Waals surface area contributed by atoms with E-state index in [1.54, 1.807) is 46.1 Å². The van der Waals surface area contributed by atoms with E-state index < -0.39 is 67.2 Å².